The molecular weight excluding hydrogens is 390 g/mol. The number of halogens is 2. The van der Waals surface area contributed by atoms with Gasteiger partial charge in [-0.05, 0) is 56.1 Å². The van der Waals surface area contributed by atoms with Crippen molar-refractivity contribution >= 4 is 49.0 Å². The first-order valence-electron chi connectivity index (χ1n) is 6.09. The first kappa shape index (κ1) is 14.9. The molecule has 102 valence electrons. The number of thiophene rings is 1. The van der Waals surface area contributed by atoms with Gasteiger partial charge in [0, 0.05) is 11.0 Å². The number of hydrogen-bond acceptors (Lipinski definition) is 4. The third-order valence-corrected chi connectivity index (χ3v) is 5.20. The van der Waals surface area contributed by atoms with Crippen LogP contribution in [0.3, 0.4) is 0 Å². The van der Waals surface area contributed by atoms with Gasteiger partial charge in [0.2, 0.25) is 0 Å². The molecule has 0 aliphatic rings. The van der Waals surface area contributed by atoms with E-state index < -0.39 is 0 Å². The molecule has 0 spiro atoms. The zero-order valence-corrected chi connectivity index (χ0v) is 15.0. The molecule has 0 fully saturated rings. The maximum absolute atomic E-state index is 4.70. The molecular formula is C13H15Br2N3S. The highest BCUT2D eigenvalue weighted by atomic mass is 79.9. The summed E-state index contributed by atoms with van der Waals surface area (Å²) < 4.78 is 2.00. The highest BCUT2D eigenvalue weighted by Crippen LogP contribution is 2.36. The Morgan fingerprint density at radius 3 is 2.58 bits per heavy atom. The average Bonchev–Trinajstić information content (AvgIpc) is 2.78. The summed E-state index contributed by atoms with van der Waals surface area (Å²) in [6, 6.07) is 2.02. The van der Waals surface area contributed by atoms with Crippen molar-refractivity contribution in [3.05, 3.63) is 26.1 Å². The SMILES string of the molecule is CCNc1nc(-c2sccc2Br)nc(C(C)C)c1Br. The van der Waals surface area contributed by atoms with Crippen LogP contribution in [-0.2, 0) is 0 Å². The molecule has 2 heterocycles. The second-order valence-electron chi connectivity index (χ2n) is 4.38. The lowest BCUT2D eigenvalue weighted by Crippen LogP contribution is -2.07. The smallest absolute Gasteiger partial charge is 0.173 e. The fraction of sp³-hybridized carbons (Fsp3) is 0.385. The van der Waals surface area contributed by atoms with Crippen LogP contribution in [0.2, 0.25) is 0 Å². The molecule has 0 aliphatic heterocycles. The van der Waals surface area contributed by atoms with Crippen molar-refractivity contribution in [3.8, 4) is 10.7 Å². The monoisotopic (exact) mass is 403 g/mol. The highest BCUT2D eigenvalue weighted by Gasteiger charge is 2.17. The summed E-state index contributed by atoms with van der Waals surface area (Å²) in [5.41, 5.74) is 1.03. The van der Waals surface area contributed by atoms with Gasteiger partial charge >= 0.3 is 0 Å². The Labute approximate surface area is 134 Å². The van der Waals surface area contributed by atoms with Crippen molar-refractivity contribution in [1.82, 2.24) is 9.97 Å². The van der Waals surface area contributed by atoms with Crippen LogP contribution in [-0.4, -0.2) is 16.5 Å². The molecule has 0 radical (unpaired) electrons. The van der Waals surface area contributed by atoms with Crippen LogP contribution in [0.1, 0.15) is 32.4 Å². The normalized spacial score (nSPS) is 11.1. The lowest BCUT2D eigenvalue weighted by Gasteiger charge is -2.14. The van der Waals surface area contributed by atoms with Gasteiger partial charge in [-0.15, -0.1) is 11.3 Å². The Bertz CT molecular complexity index is 581. The second-order valence-corrected chi connectivity index (χ2v) is 6.94. The minimum atomic E-state index is 0.340. The van der Waals surface area contributed by atoms with Crippen molar-refractivity contribution in [2.75, 3.05) is 11.9 Å². The molecule has 0 bridgehead atoms. The molecule has 19 heavy (non-hydrogen) atoms. The van der Waals surface area contributed by atoms with Gasteiger partial charge in [-0.2, -0.15) is 0 Å². The minimum Gasteiger partial charge on any atom is -0.369 e. The Balaban J connectivity index is 2.59. The standard InChI is InChI=1S/C13H15Br2N3S/c1-4-16-12-9(15)10(7(2)3)17-13(18-12)11-8(14)5-6-19-11/h5-7H,4H2,1-3H3,(H,16,17,18). The van der Waals surface area contributed by atoms with E-state index in [1.807, 2.05) is 11.4 Å². The molecule has 0 amide bonds. The van der Waals surface area contributed by atoms with Crippen molar-refractivity contribution in [1.29, 1.82) is 0 Å². The zero-order chi connectivity index (χ0) is 14.0. The van der Waals surface area contributed by atoms with E-state index in [-0.39, 0.29) is 0 Å². The van der Waals surface area contributed by atoms with Crippen molar-refractivity contribution in [2.24, 2.45) is 0 Å². The second kappa shape index (κ2) is 6.33. The van der Waals surface area contributed by atoms with Crippen LogP contribution in [0.25, 0.3) is 10.7 Å². The minimum absolute atomic E-state index is 0.340. The number of rotatable bonds is 4. The number of nitrogens with zero attached hydrogens (tertiary/aromatic N) is 2. The van der Waals surface area contributed by atoms with Crippen LogP contribution in [0.4, 0.5) is 5.82 Å². The van der Waals surface area contributed by atoms with Gasteiger partial charge in [-0.1, -0.05) is 13.8 Å². The zero-order valence-electron chi connectivity index (χ0n) is 11.0. The van der Waals surface area contributed by atoms with Crippen LogP contribution >= 0.6 is 43.2 Å². The van der Waals surface area contributed by atoms with E-state index in [1.54, 1.807) is 11.3 Å². The van der Waals surface area contributed by atoms with Crippen LogP contribution in [0.15, 0.2) is 20.4 Å². The van der Waals surface area contributed by atoms with Crippen molar-refractivity contribution in [3.63, 3.8) is 0 Å². The maximum atomic E-state index is 4.70. The van der Waals surface area contributed by atoms with E-state index in [0.717, 1.165) is 37.7 Å². The first-order valence-corrected chi connectivity index (χ1v) is 8.55. The third-order valence-electron chi connectivity index (χ3n) is 2.59. The molecule has 0 saturated carbocycles. The predicted molar refractivity (Wildman–Crippen MR) is 89.0 cm³/mol. The summed E-state index contributed by atoms with van der Waals surface area (Å²) >= 11 is 8.79. The molecule has 3 nitrogen and oxygen atoms in total. The third kappa shape index (κ3) is 3.17. The largest absolute Gasteiger partial charge is 0.369 e. The van der Waals surface area contributed by atoms with E-state index in [4.69, 9.17) is 4.98 Å². The van der Waals surface area contributed by atoms with E-state index in [2.05, 4.69) is 62.9 Å². The van der Waals surface area contributed by atoms with Gasteiger partial charge in [-0.3, -0.25) is 0 Å². The number of anilines is 1. The predicted octanol–water partition coefficient (Wildman–Crippen LogP) is 5.29. The summed E-state index contributed by atoms with van der Waals surface area (Å²) in [5.74, 6) is 1.97. The van der Waals surface area contributed by atoms with Gasteiger partial charge in [0.1, 0.15) is 5.82 Å². The number of nitrogens with one attached hydrogen (secondary N) is 1. The molecule has 2 rings (SSSR count). The fourth-order valence-corrected chi connectivity index (χ4v) is 3.94. The first-order chi connectivity index (χ1) is 9.04. The van der Waals surface area contributed by atoms with Crippen LogP contribution in [0.5, 0.6) is 0 Å². The summed E-state index contributed by atoms with van der Waals surface area (Å²) in [6.07, 6.45) is 0. The van der Waals surface area contributed by atoms with Crippen LogP contribution < -0.4 is 5.32 Å². The van der Waals surface area contributed by atoms with Gasteiger partial charge in [0.25, 0.3) is 0 Å². The molecule has 1 N–H and O–H groups in total. The lowest BCUT2D eigenvalue weighted by atomic mass is 10.1. The van der Waals surface area contributed by atoms with E-state index in [0.29, 0.717) is 5.92 Å². The number of hydrogen-bond donors (Lipinski definition) is 1. The summed E-state index contributed by atoms with van der Waals surface area (Å²) in [5, 5.41) is 5.32. The highest BCUT2D eigenvalue weighted by molar-refractivity contribution is 9.11. The summed E-state index contributed by atoms with van der Waals surface area (Å²) in [4.78, 5) is 10.4. The van der Waals surface area contributed by atoms with Gasteiger partial charge in [-0.25, -0.2) is 9.97 Å². The Kier molecular flexibility index (Phi) is 4.97. The summed E-state index contributed by atoms with van der Waals surface area (Å²) in [7, 11) is 0. The average molecular weight is 405 g/mol. The molecule has 0 aliphatic carbocycles. The molecule has 6 heteroatoms. The lowest BCUT2D eigenvalue weighted by molar-refractivity contribution is 0.810. The van der Waals surface area contributed by atoms with Crippen molar-refractivity contribution in [2.45, 2.75) is 26.7 Å². The van der Waals surface area contributed by atoms with Gasteiger partial charge in [0.15, 0.2) is 5.82 Å². The molecule has 2 aromatic rings. The molecule has 2 aromatic heterocycles. The van der Waals surface area contributed by atoms with E-state index in [9.17, 15) is 0 Å². The Morgan fingerprint density at radius 2 is 2.05 bits per heavy atom. The molecule has 0 atom stereocenters. The molecule has 0 aromatic carbocycles. The topological polar surface area (TPSA) is 37.8 Å². The quantitative estimate of drug-likeness (QED) is 0.752. The van der Waals surface area contributed by atoms with E-state index >= 15 is 0 Å². The Hall–Kier alpha value is -0.460. The number of aromatic nitrogens is 2. The molecule has 0 saturated heterocycles. The summed E-state index contributed by atoms with van der Waals surface area (Å²) in [6.45, 7) is 7.16. The van der Waals surface area contributed by atoms with Crippen LogP contribution in [0, 0.1) is 0 Å². The Morgan fingerprint density at radius 1 is 1.32 bits per heavy atom. The fourth-order valence-electron chi connectivity index (χ4n) is 1.69. The van der Waals surface area contributed by atoms with Gasteiger partial charge in [0.05, 0.1) is 15.0 Å². The molecule has 0 unspecified atom stereocenters. The van der Waals surface area contributed by atoms with Gasteiger partial charge < -0.3 is 5.32 Å². The van der Waals surface area contributed by atoms with E-state index in [1.165, 1.54) is 0 Å². The maximum Gasteiger partial charge on any atom is 0.173 e. The van der Waals surface area contributed by atoms with Crippen molar-refractivity contribution < 1.29 is 0 Å².